The number of carboxylic acid groups (broad SMARTS) is 1. The molecule has 0 spiro atoms. The number of primary amides is 1. The Morgan fingerprint density at radius 3 is 2.41 bits per heavy atom. The molecule has 1 rings (SSSR count). The van der Waals surface area contributed by atoms with Gasteiger partial charge in [0.2, 0.25) is 0 Å². The molecule has 1 aromatic carbocycles. The molecule has 22 heavy (non-hydrogen) atoms. The van der Waals surface area contributed by atoms with Crippen molar-refractivity contribution >= 4 is 17.8 Å². The van der Waals surface area contributed by atoms with Gasteiger partial charge in [0.15, 0.2) is 6.61 Å². The Bertz CT molecular complexity index is 527. The van der Waals surface area contributed by atoms with Crippen LogP contribution in [0, 0.1) is 0 Å². The van der Waals surface area contributed by atoms with E-state index >= 15 is 0 Å². The number of nitrogens with two attached hydrogens (primary N) is 1. The number of carbonyl (C=O) groups is 3. The molecule has 1 unspecified atom stereocenters. The Morgan fingerprint density at radius 1 is 1.27 bits per heavy atom. The van der Waals surface area contributed by atoms with E-state index in [2.05, 4.69) is 5.32 Å². The number of benzene rings is 1. The first-order chi connectivity index (χ1) is 10.4. The molecule has 0 radical (unpaired) electrons. The molecule has 0 heterocycles. The number of hydrogen-bond donors (Lipinski definition) is 3. The average Bonchev–Trinajstić information content (AvgIpc) is 2.49. The van der Waals surface area contributed by atoms with Crippen LogP contribution in [0.5, 0.6) is 5.75 Å². The summed E-state index contributed by atoms with van der Waals surface area (Å²) in [7, 11) is 0. The summed E-state index contributed by atoms with van der Waals surface area (Å²) in [6.07, 6.45) is 1.96. The predicted molar refractivity (Wildman–Crippen MR) is 79.5 cm³/mol. The lowest BCUT2D eigenvalue weighted by Gasteiger charge is -2.14. The summed E-state index contributed by atoms with van der Waals surface area (Å²) >= 11 is 0. The number of carboxylic acids is 1. The second kappa shape index (κ2) is 8.66. The van der Waals surface area contributed by atoms with E-state index < -0.39 is 23.8 Å². The number of ether oxygens (including phenoxy) is 1. The number of rotatable bonds is 9. The molecule has 1 atom stereocenters. The van der Waals surface area contributed by atoms with Gasteiger partial charge in [-0.05, 0) is 30.7 Å². The lowest BCUT2D eigenvalue weighted by Crippen LogP contribution is -2.40. The molecule has 0 saturated heterocycles. The van der Waals surface area contributed by atoms with E-state index in [9.17, 15) is 14.4 Å². The lowest BCUT2D eigenvalue weighted by molar-refractivity contribution is -0.139. The van der Waals surface area contributed by atoms with Gasteiger partial charge in [-0.3, -0.25) is 9.59 Å². The summed E-state index contributed by atoms with van der Waals surface area (Å²) in [5.41, 5.74) is 5.27. The predicted octanol–water partition coefficient (Wildman–Crippen LogP) is 0.924. The third-order valence-electron chi connectivity index (χ3n) is 2.95. The molecule has 0 aromatic heterocycles. The van der Waals surface area contributed by atoms with Crippen molar-refractivity contribution in [2.45, 2.75) is 32.2 Å². The van der Waals surface area contributed by atoms with Crippen LogP contribution in [0.2, 0.25) is 0 Å². The Morgan fingerprint density at radius 2 is 1.91 bits per heavy atom. The normalized spacial score (nSPS) is 11.5. The van der Waals surface area contributed by atoms with Crippen LogP contribution in [-0.2, 0) is 9.59 Å². The first kappa shape index (κ1) is 17.5. The standard InChI is InChI=1S/C15H20N2O5/c1-2-3-4-12(15(20)21)17-14(19)10-5-7-11(8-6-10)22-9-13(16)18/h5-8,12H,2-4,9H2,1H3,(H2,16,18)(H,17,19)(H,20,21). The van der Waals surface area contributed by atoms with Crippen molar-refractivity contribution in [1.82, 2.24) is 5.32 Å². The molecule has 2 amide bonds. The highest BCUT2D eigenvalue weighted by Gasteiger charge is 2.19. The van der Waals surface area contributed by atoms with Gasteiger partial charge >= 0.3 is 5.97 Å². The third kappa shape index (κ3) is 5.82. The van der Waals surface area contributed by atoms with Crippen molar-refractivity contribution < 1.29 is 24.2 Å². The Labute approximate surface area is 128 Å². The van der Waals surface area contributed by atoms with E-state index in [0.717, 1.165) is 12.8 Å². The molecule has 0 bridgehead atoms. The van der Waals surface area contributed by atoms with Crippen molar-refractivity contribution in [3.63, 3.8) is 0 Å². The molecule has 0 saturated carbocycles. The molecule has 120 valence electrons. The minimum Gasteiger partial charge on any atom is -0.484 e. The molecule has 0 aliphatic rings. The average molecular weight is 308 g/mol. The highest BCUT2D eigenvalue weighted by Crippen LogP contribution is 2.12. The fourth-order valence-electron chi connectivity index (χ4n) is 1.76. The van der Waals surface area contributed by atoms with Crippen LogP contribution in [0.3, 0.4) is 0 Å². The number of carbonyl (C=O) groups excluding carboxylic acids is 2. The van der Waals surface area contributed by atoms with Gasteiger partial charge < -0.3 is 20.9 Å². The van der Waals surface area contributed by atoms with Gasteiger partial charge in [-0.2, -0.15) is 0 Å². The van der Waals surface area contributed by atoms with Crippen LogP contribution in [0.1, 0.15) is 36.5 Å². The van der Waals surface area contributed by atoms with Gasteiger partial charge in [0, 0.05) is 5.56 Å². The maximum absolute atomic E-state index is 12.0. The number of nitrogens with one attached hydrogen (secondary N) is 1. The van der Waals surface area contributed by atoms with Crippen LogP contribution in [-0.4, -0.2) is 35.5 Å². The van der Waals surface area contributed by atoms with Gasteiger partial charge in [0.25, 0.3) is 11.8 Å². The van der Waals surface area contributed by atoms with Crippen molar-refractivity contribution in [2.24, 2.45) is 5.73 Å². The molecule has 1 aromatic rings. The number of hydrogen-bond acceptors (Lipinski definition) is 4. The SMILES string of the molecule is CCCCC(NC(=O)c1ccc(OCC(N)=O)cc1)C(=O)O. The zero-order valence-corrected chi connectivity index (χ0v) is 12.4. The Balaban J connectivity index is 2.64. The molecule has 0 aliphatic carbocycles. The van der Waals surface area contributed by atoms with Gasteiger partial charge in [-0.25, -0.2) is 4.79 Å². The molecular weight excluding hydrogens is 288 g/mol. The maximum atomic E-state index is 12.0. The summed E-state index contributed by atoms with van der Waals surface area (Å²) in [4.78, 5) is 33.7. The largest absolute Gasteiger partial charge is 0.484 e. The van der Waals surface area contributed by atoms with Crippen molar-refractivity contribution in [3.05, 3.63) is 29.8 Å². The van der Waals surface area contributed by atoms with Crippen LogP contribution in [0.4, 0.5) is 0 Å². The van der Waals surface area contributed by atoms with Gasteiger partial charge in [-0.15, -0.1) is 0 Å². The second-order valence-corrected chi connectivity index (χ2v) is 4.79. The molecule has 4 N–H and O–H groups in total. The minimum atomic E-state index is -1.05. The quantitative estimate of drug-likeness (QED) is 0.627. The lowest BCUT2D eigenvalue weighted by atomic mass is 10.1. The summed E-state index contributed by atoms with van der Waals surface area (Å²) in [6, 6.07) is 5.10. The molecule has 7 nitrogen and oxygen atoms in total. The van der Waals surface area contributed by atoms with Crippen LogP contribution < -0.4 is 15.8 Å². The number of amides is 2. The molecule has 7 heteroatoms. The van der Waals surface area contributed by atoms with E-state index in [1.165, 1.54) is 24.3 Å². The van der Waals surface area contributed by atoms with E-state index in [4.69, 9.17) is 15.6 Å². The van der Waals surface area contributed by atoms with E-state index in [-0.39, 0.29) is 6.61 Å². The van der Waals surface area contributed by atoms with Crippen molar-refractivity contribution in [2.75, 3.05) is 6.61 Å². The fourth-order valence-corrected chi connectivity index (χ4v) is 1.76. The first-order valence-corrected chi connectivity index (χ1v) is 6.99. The van der Waals surface area contributed by atoms with E-state index in [1.807, 2.05) is 6.92 Å². The van der Waals surface area contributed by atoms with Crippen molar-refractivity contribution in [1.29, 1.82) is 0 Å². The topological polar surface area (TPSA) is 119 Å². The zero-order valence-electron chi connectivity index (χ0n) is 12.4. The Kier molecular flexibility index (Phi) is 6.88. The summed E-state index contributed by atoms with van der Waals surface area (Å²) < 4.78 is 5.07. The number of unbranched alkanes of at least 4 members (excludes halogenated alkanes) is 1. The number of aliphatic carboxylic acids is 1. The van der Waals surface area contributed by atoms with E-state index in [0.29, 0.717) is 17.7 Å². The second-order valence-electron chi connectivity index (χ2n) is 4.79. The van der Waals surface area contributed by atoms with Gasteiger partial charge in [0.1, 0.15) is 11.8 Å². The zero-order chi connectivity index (χ0) is 16.5. The molecule has 0 aliphatic heterocycles. The van der Waals surface area contributed by atoms with Crippen LogP contribution >= 0.6 is 0 Å². The third-order valence-corrected chi connectivity index (χ3v) is 2.95. The van der Waals surface area contributed by atoms with Gasteiger partial charge in [-0.1, -0.05) is 19.8 Å². The van der Waals surface area contributed by atoms with Crippen LogP contribution in [0.15, 0.2) is 24.3 Å². The van der Waals surface area contributed by atoms with Crippen molar-refractivity contribution in [3.8, 4) is 5.75 Å². The van der Waals surface area contributed by atoms with Gasteiger partial charge in [0.05, 0.1) is 0 Å². The monoisotopic (exact) mass is 308 g/mol. The summed E-state index contributed by atoms with van der Waals surface area (Å²) in [5, 5.41) is 11.6. The summed E-state index contributed by atoms with van der Waals surface area (Å²) in [6.45, 7) is 1.70. The summed E-state index contributed by atoms with van der Waals surface area (Å²) in [5.74, 6) is -1.72. The molecular formula is C15H20N2O5. The Hall–Kier alpha value is -2.57. The highest BCUT2D eigenvalue weighted by molar-refractivity contribution is 5.96. The first-order valence-electron chi connectivity index (χ1n) is 6.99. The maximum Gasteiger partial charge on any atom is 0.326 e. The molecule has 0 fully saturated rings. The minimum absolute atomic E-state index is 0.246. The fraction of sp³-hybridized carbons (Fsp3) is 0.400. The van der Waals surface area contributed by atoms with E-state index in [1.54, 1.807) is 0 Å². The van der Waals surface area contributed by atoms with Crippen LogP contribution in [0.25, 0.3) is 0 Å². The smallest absolute Gasteiger partial charge is 0.326 e. The highest BCUT2D eigenvalue weighted by atomic mass is 16.5.